The average molecular weight is 441 g/mol. The first kappa shape index (κ1) is 23.4. The minimum Gasteiger partial charge on any atom is -0.399 e. The molecule has 1 aromatic heterocycles. The highest BCUT2D eigenvalue weighted by molar-refractivity contribution is 5.69. The van der Waals surface area contributed by atoms with Crippen LogP contribution in [0.5, 0.6) is 0 Å². The van der Waals surface area contributed by atoms with Crippen LogP contribution in [0.3, 0.4) is 0 Å². The van der Waals surface area contributed by atoms with Crippen LogP contribution in [0.1, 0.15) is 43.3 Å². The number of nitrogens with one attached hydrogen (secondary N) is 1. The summed E-state index contributed by atoms with van der Waals surface area (Å²) in [5.41, 5.74) is 10.4. The van der Waals surface area contributed by atoms with Gasteiger partial charge in [-0.3, -0.25) is 10.3 Å². The predicted octanol–water partition coefficient (Wildman–Crippen LogP) is 4.10. The summed E-state index contributed by atoms with van der Waals surface area (Å²) in [5, 5.41) is 3.81. The summed E-state index contributed by atoms with van der Waals surface area (Å²) in [6.07, 6.45) is 5.27. The number of aromatic nitrogens is 1. The fourth-order valence-corrected chi connectivity index (χ4v) is 3.89. The third kappa shape index (κ3) is 4.37. The molecule has 0 saturated carbocycles. The van der Waals surface area contributed by atoms with Crippen LogP contribution in [0.25, 0.3) is 5.70 Å². The molecule has 0 spiro atoms. The molecule has 170 valence electrons. The summed E-state index contributed by atoms with van der Waals surface area (Å²) in [6.45, 7) is 8.24. The van der Waals surface area contributed by atoms with Crippen molar-refractivity contribution < 1.29 is 8.78 Å². The van der Waals surface area contributed by atoms with Crippen molar-refractivity contribution in [3.05, 3.63) is 89.3 Å². The molecule has 0 amide bonds. The summed E-state index contributed by atoms with van der Waals surface area (Å²) >= 11 is 0. The van der Waals surface area contributed by atoms with Gasteiger partial charge in [0.05, 0.1) is 17.4 Å². The third-order valence-corrected chi connectivity index (χ3v) is 5.64. The number of nitrogens with two attached hydrogens (primary N) is 2. The Morgan fingerprint density at radius 3 is 2.75 bits per heavy atom. The van der Waals surface area contributed by atoms with E-state index in [1.165, 1.54) is 18.3 Å². The van der Waals surface area contributed by atoms with Gasteiger partial charge in [-0.2, -0.15) is 0 Å². The zero-order valence-corrected chi connectivity index (χ0v) is 18.6. The van der Waals surface area contributed by atoms with Crippen LogP contribution in [0, 0.1) is 5.82 Å². The Hall–Kier alpha value is -3.23. The zero-order chi connectivity index (χ0) is 23.4. The molecule has 2 unspecified atom stereocenters. The molecule has 2 heterocycles. The van der Waals surface area contributed by atoms with Gasteiger partial charge in [-0.15, -0.1) is 0 Å². The Balaban J connectivity index is 1.94. The second-order valence-corrected chi connectivity index (χ2v) is 7.64. The van der Waals surface area contributed by atoms with Gasteiger partial charge in [0.1, 0.15) is 0 Å². The number of pyridine rings is 1. The van der Waals surface area contributed by atoms with Gasteiger partial charge in [-0.25, -0.2) is 19.6 Å². The van der Waals surface area contributed by atoms with Crippen molar-refractivity contribution in [1.29, 1.82) is 0 Å². The second-order valence-electron chi connectivity index (χ2n) is 7.64. The summed E-state index contributed by atoms with van der Waals surface area (Å²) in [4.78, 5) is 5.92. The Bertz CT molecular complexity index is 1050. The number of hydrogen-bond donors (Lipinski definition) is 3. The minimum absolute atomic E-state index is 0.0198. The summed E-state index contributed by atoms with van der Waals surface area (Å²) < 4.78 is 28.7. The summed E-state index contributed by atoms with van der Waals surface area (Å²) in [5.74, 6) is 5.57. The highest BCUT2D eigenvalue weighted by Crippen LogP contribution is 2.33. The molecule has 0 aliphatic carbocycles. The molecule has 32 heavy (non-hydrogen) atoms. The van der Waals surface area contributed by atoms with E-state index in [1.54, 1.807) is 25.4 Å². The molecule has 5 N–H and O–H groups in total. The van der Waals surface area contributed by atoms with E-state index in [2.05, 4.69) is 23.8 Å². The van der Waals surface area contributed by atoms with Crippen molar-refractivity contribution in [3.63, 3.8) is 0 Å². The van der Waals surface area contributed by atoms with Gasteiger partial charge in [0.25, 0.3) is 0 Å². The van der Waals surface area contributed by atoms with E-state index in [-0.39, 0.29) is 11.9 Å². The van der Waals surface area contributed by atoms with Crippen LogP contribution < -0.4 is 21.9 Å². The molecule has 0 radical (unpaired) electrons. The Morgan fingerprint density at radius 2 is 2.09 bits per heavy atom. The topological polar surface area (TPSA) is 83.4 Å². The van der Waals surface area contributed by atoms with Crippen molar-refractivity contribution in [2.24, 2.45) is 11.6 Å². The van der Waals surface area contributed by atoms with Gasteiger partial charge in [0.2, 0.25) is 0 Å². The average Bonchev–Trinajstić information content (AvgIpc) is 2.80. The van der Waals surface area contributed by atoms with Gasteiger partial charge in [0.15, 0.2) is 17.9 Å². The van der Waals surface area contributed by atoms with E-state index in [9.17, 15) is 8.78 Å². The van der Waals surface area contributed by atoms with Crippen LogP contribution in [0.2, 0.25) is 0 Å². The van der Waals surface area contributed by atoms with E-state index in [0.717, 1.165) is 22.6 Å². The van der Waals surface area contributed by atoms with Crippen LogP contribution >= 0.6 is 0 Å². The number of nitrogens with zero attached hydrogens (tertiary/aromatic N) is 3. The van der Waals surface area contributed by atoms with E-state index < -0.39 is 12.1 Å². The van der Waals surface area contributed by atoms with Crippen molar-refractivity contribution in [3.8, 4) is 0 Å². The number of halogens is 2. The first-order chi connectivity index (χ1) is 15.3. The van der Waals surface area contributed by atoms with Crippen LogP contribution in [-0.4, -0.2) is 23.0 Å². The smallest absolute Gasteiger partial charge is 0.183 e. The van der Waals surface area contributed by atoms with Crippen molar-refractivity contribution in [1.82, 2.24) is 15.2 Å². The molecule has 0 bridgehead atoms. The van der Waals surface area contributed by atoms with Gasteiger partial charge in [-0.05, 0) is 44.2 Å². The molecular formula is C24H30F2N6. The molecule has 1 aromatic carbocycles. The number of anilines is 1. The lowest BCUT2D eigenvalue weighted by molar-refractivity contribution is 0.297. The molecule has 8 heteroatoms. The maximum absolute atomic E-state index is 14.6. The summed E-state index contributed by atoms with van der Waals surface area (Å²) in [6, 6.07) is 8.02. The maximum atomic E-state index is 14.6. The number of hydrogen-bond acceptors (Lipinski definition) is 6. The van der Waals surface area contributed by atoms with E-state index in [1.807, 2.05) is 24.0 Å². The van der Waals surface area contributed by atoms with E-state index in [0.29, 0.717) is 29.1 Å². The van der Waals surface area contributed by atoms with Crippen LogP contribution in [-0.2, 0) is 6.42 Å². The normalized spacial score (nSPS) is 16.9. The lowest BCUT2D eigenvalue weighted by Gasteiger charge is -2.36. The predicted molar refractivity (Wildman–Crippen MR) is 125 cm³/mol. The van der Waals surface area contributed by atoms with Crippen LogP contribution in [0.15, 0.2) is 66.8 Å². The number of alkyl halides is 1. The van der Waals surface area contributed by atoms with Crippen molar-refractivity contribution >= 4 is 11.5 Å². The molecule has 2 atom stereocenters. The Kier molecular flexibility index (Phi) is 7.27. The summed E-state index contributed by atoms with van der Waals surface area (Å²) in [7, 11) is 1.59. The van der Waals surface area contributed by atoms with Gasteiger partial charge < -0.3 is 10.6 Å². The highest BCUT2D eigenvalue weighted by Gasteiger charge is 2.27. The standard InChI is InChI=1S/C24H30F2N6/c1-5-8-18-17(9-6-10-19(18)23(26)29-4)15(2)31-14-12-21(22(27)16(31)3)32(28)24-20(25)11-7-13-30-24/h6-7,9-14,16,23,29H,2,5,8,27-28H2,1,3-4H3. The monoisotopic (exact) mass is 440 g/mol. The molecule has 3 rings (SSSR count). The first-order valence-electron chi connectivity index (χ1n) is 10.6. The molecule has 2 aromatic rings. The lowest BCUT2D eigenvalue weighted by atomic mass is 9.93. The third-order valence-electron chi connectivity index (χ3n) is 5.64. The largest absolute Gasteiger partial charge is 0.399 e. The zero-order valence-electron chi connectivity index (χ0n) is 18.6. The minimum atomic E-state index is -1.27. The number of benzene rings is 1. The second kappa shape index (κ2) is 9.93. The fourth-order valence-electron chi connectivity index (χ4n) is 3.89. The fraction of sp³-hybridized carbons (Fsp3) is 0.292. The van der Waals surface area contributed by atoms with Crippen molar-refractivity contribution in [2.75, 3.05) is 12.1 Å². The van der Waals surface area contributed by atoms with Crippen molar-refractivity contribution in [2.45, 2.75) is 39.0 Å². The molecule has 1 aliphatic heterocycles. The number of rotatable bonds is 8. The maximum Gasteiger partial charge on any atom is 0.183 e. The quantitative estimate of drug-likeness (QED) is 0.326. The number of allylic oxidation sites excluding steroid dienone is 1. The van der Waals surface area contributed by atoms with Gasteiger partial charge in [0, 0.05) is 29.2 Å². The first-order valence-corrected chi connectivity index (χ1v) is 10.6. The van der Waals surface area contributed by atoms with Gasteiger partial charge >= 0.3 is 0 Å². The highest BCUT2D eigenvalue weighted by atomic mass is 19.1. The molecule has 1 aliphatic rings. The Labute approximate surface area is 187 Å². The molecule has 0 fully saturated rings. The molecule has 0 saturated heterocycles. The van der Waals surface area contributed by atoms with E-state index >= 15 is 0 Å². The molecular weight excluding hydrogens is 410 g/mol. The Morgan fingerprint density at radius 1 is 1.34 bits per heavy atom. The SMILES string of the molecule is C=C(c1cccc(C(F)NC)c1CCC)N1C=CC(N(N)c2ncccc2F)=C(N)C1C. The lowest BCUT2D eigenvalue weighted by Crippen LogP contribution is -2.41. The van der Waals surface area contributed by atoms with E-state index in [4.69, 9.17) is 11.6 Å². The molecule has 6 nitrogen and oxygen atoms in total. The van der Waals surface area contributed by atoms with Crippen LogP contribution in [0.4, 0.5) is 14.6 Å². The van der Waals surface area contributed by atoms with Gasteiger partial charge in [-0.1, -0.05) is 38.1 Å². The number of hydrazine groups is 1.